The smallest absolute Gasteiger partial charge is 0.227 e. The van der Waals surface area contributed by atoms with Crippen LogP contribution in [-0.4, -0.2) is 4.98 Å². The van der Waals surface area contributed by atoms with Gasteiger partial charge in [0.05, 0.1) is 0 Å². The third-order valence-corrected chi connectivity index (χ3v) is 11.3. The van der Waals surface area contributed by atoms with Gasteiger partial charge >= 0.3 is 0 Å². The highest BCUT2D eigenvalue weighted by atomic mass is 16.3. The van der Waals surface area contributed by atoms with E-state index in [4.69, 9.17) is 9.40 Å². The first-order chi connectivity index (χ1) is 28.7. The van der Waals surface area contributed by atoms with Crippen LogP contribution in [0, 0.1) is 0 Å². The summed E-state index contributed by atoms with van der Waals surface area (Å²) in [6.45, 7) is 0. The fraction of sp³-hybridized carbons (Fsp3) is 0. The van der Waals surface area contributed by atoms with E-state index in [1.54, 1.807) is 0 Å². The zero-order valence-corrected chi connectivity index (χ0v) is 31.6. The summed E-state index contributed by atoms with van der Waals surface area (Å²) in [6, 6.07) is 77.8. The molecule has 11 aromatic rings. The molecular weight excluding hydrogens is 705 g/mol. The summed E-state index contributed by atoms with van der Waals surface area (Å²) < 4.78 is 6.22. The quantitative estimate of drug-likeness (QED) is 0.152. The van der Waals surface area contributed by atoms with Gasteiger partial charge in [0.2, 0.25) is 5.89 Å². The van der Waals surface area contributed by atoms with Crippen molar-refractivity contribution < 1.29 is 4.42 Å². The second kappa shape index (κ2) is 14.1. The van der Waals surface area contributed by atoms with Crippen LogP contribution in [-0.2, 0) is 0 Å². The van der Waals surface area contributed by atoms with Crippen molar-refractivity contribution in [1.82, 2.24) is 4.98 Å². The van der Waals surface area contributed by atoms with Crippen molar-refractivity contribution >= 4 is 60.5 Å². The lowest BCUT2D eigenvalue weighted by atomic mass is 9.93. The lowest BCUT2D eigenvalue weighted by molar-refractivity contribution is 0.620. The normalized spacial score (nSPS) is 11.4. The summed E-state index contributed by atoms with van der Waals surface area (Å²) in [6.07, 6.45) is 0. The van der Waals surface area contributed by atoms with Crippen molar-refractivity contribution in [1.29, 1.82) is 0 Å². The van der Waals surface area contributed by atoms with E-state index in [1.807, 2.05) is 36.4 Å². The Hall–Kier alpha value is -7.75. The summed E-state index contributed by atoms with van der Waals surface area (Å²) in [5.74, 6) is 0.632. The minimum Gasteiger partial charge on any atom is -0.436 e. The molecule has 1 aromatic heterocycles. The Morgan fingerprint density at radius 2 is 0.897 bits per heavy atom. The zero-order chi connectivity index (χ0) is 38.4. The van der Waals surface area contributed by atoms with Crippen LogP contribution in [0.5, 0.6) is 0 Å². The van der Waals surface area contributed by atoms with Crippen molar-refractivity contribution in [3.8, 4) is 44.8 Å². The van der Waals surface area contributed by atoms with Crippen molar-refractivity contribution in [3.63, 3.8) is 0 Å². The molecule has 0 fully saturated rings. The molecule has 0 bridgehead atoms. The molecule has 10 aromatic carbocycles. The molecule has 58 heavy (non-hydrogen) atoms. The molecule has 3 heteroatoms. The molecule has 11 rings (SSSR count). The standard InChI is InChI=1S/C55H36N2O/c1-3-13-37(14-4-1)41-18-11-19-45(35-41)57(44-31-27-39(28-32-44)52-36-42-17-7-8-20-47(42)48-21-9-10-22-49(48)52)43-29-25-38(26-30-43)46-23-12-24-51-50(46)33-34-53-54(51)56-55(58-53)40-15-5-2-6-16-40/h1-36H. The maximum atomic E-state index is 6.22. The van der Waals surface area contributed by atoms with E-state index in [-0.39, 0.29) is 0 Å². The van der Waals surface area contributed by atoms with Gasteiger partial charge in [0.25, 0.3) is 0 Å². The van der Waals surface area contributed by atoms with Gasteiger partial charge in [0.1, 0.15) is 5.52 Å². The first-order valence-corrected chi connectivity index (χ1v) is 19.7. The topological polar surface area (TPSA) is 29.3 Å². The van der Waals surface area contributed by atoms with Crippen LogP contribution in [0.2, 0.25) is 0 Å². The van der Waals surface area contributed by atoms with E-state index in [2.05, 4.69) is 187 Å². The predicted molar refractivity (Wildman–Crippen MR) is 243 cm³/mol. The number of hydrogen-bond donors (Lipinski definition) is 0. The van der Waals surface area contributed by atoms with Gasteiger partial charge in [0.15, 0.2) is 5.58 Å². The van der Waals surface area contributed by atoms with E-state index in [1.165, 1.54) is 43.8 Å². The monoisotopic (exact) mass is 740 g/mol. The molecule has 3 nitrogen and oxygen atoms in total. The highest BCUT2D eigenvalue weighted by molar-refractivity contribution is 6.14. The Kier molecular flexibility index (Phi) is 8.15. The van der Waals surface area contributed by atoms with Gasteiger partial charge in [-0.25, -0.2) is 4.98 Å². The van der Waals surface area contributed by atoms with Gasteiger partial charge in [0, 0.05) is 28.0 Å². The molecule has 1 heterocycles. The van der Waals surface area contributed by atoms with Gasteiger partial charge in [-0.2, -0.15) is 0 Å². The molecule has 0 spiro atoms. The Labute approximate surface area is 336 Å². The summed E-state index contributed by atoms with van der Waals surface area (Å²) in [5.41, 5.74) is 12.9. The Balaban J connectivity index is 1.00. The van der Waals surface area contributed by atoms with Gasteiger partial charge < -0.3 is 9.32 Å². The molecule has 272 valence electrons. The highest BCUT2D eigenvalue weighted by Gasteiger charge is 2.17. The van der Waals surface area contributed by atoms with Gasteiger partial charge in [-0.3, -0.25) is 0 Å². The van der Waals surface area contributed by atoms with Crippen LogP contribution >= 0.6 is 0 Å². The maximum Gasteiger partial charge on any atom is 0.227 e. The number of rotatable bonds is 7. The average molecular weight is 741 g/mol. The fourth-order valence-corrected chi connectivity index (χ4v) is 8.48. The van der Waals surface area contributed by atoms with Crippen molar-refractivity contribution in [3.05, 3.63) is 218 Å². The zero-order valence-electron chi connectivity index (χ0n) is 31.6. The Morgan fingerprint density at radius 1 is 0.328 bits per heavy atom. The van der Waals surface area contributed by atoms with E-state index in [0.29, 0.717) is 5.89 Å². The van der Waals surface area contributed by atoms with Crippen LogP contribution in [0.4, 0.5) is 17.1 Å². The number of hydrogen-bond acceptors (Lipinski definition) is 3. The molecule has 0 aliphatic carbocycles. The lowest BCUT2D eigenvalue weighted by Gasteiger charge is -2.26. The summed E-state index contributed by atoms with van der Waals surface area (Å²) in [5, 5.41) is 7.26. The number of nitrogens with zero attached hydrogens (tertiary/aromatic N) is 2. The first kappa shape index (κ1) is 33.6. The third-order valence-electron chi connectivity index (χ3n) is 11.3. The molecule has 0 N–H and O–H groups in total. The Bertz CT molecular complexity index is 3260. The molecule has 0 unspecified atom stereocenters. The van der Waals surface area contributed by atoms with Crippen LogP contribution in [0.1, 0.15) is 0 Å². The van der Waals surface area contributed by atoms with Gasteiger partial charge in [-0.1, -0.05) is 152 Å². The predicted octanol–water partition coefficient (Wildman–Crippen LogP) is 15.4. The SMILES string of the molecule is c1ccc(-c2cccc(N(c3ccc(-c4cc5ccccc5c5ccccc45)cc3)c3ccc(-c4cccc5c4ccc4oc(-c6ccccc6)nc45)cc3)c2)cc1. The highest BCUT2D eigenvalue weighted by Crippen LogP contribution is 2.41. The van der Waals surface area contributed by atoms with Gasteiger partial charge in [-0.15, -0.1) is 0 Å². The minimum atomic E-state index is 0.632. The fourth-order valence-electron chi connectivity index (χ4n) is 8.48. The van der Waals surface area contributed by atoms with Crippen LogP contribution in [0.15, 0.2) is 223 Å². The van der Waals surface area contributed by atoms with E-state index in [0.717, 1.165) is 55.6 Å². The summed E-state index contributed by atoms with van der Waals surface area (Å²) in [4.78, 5) is 7.31. The first-order valence-electron chi connectivity index (χ1n) is 19.7. The van der Waals surface area contributed by atoms with Crippen molar-refractivity contribution in [2.45, 2.75) is 0 Å². The number of fused-ring (bicyclic) bond motifs is 6. The van der Waals surface area contributed by atoms with E-state index in [9.17, 15) is 0 Å². The second-order valence-corrected chi connectivity index (χ2v) is 14.7. The van der Waals surface area contributed by atoms with E-state index < -0.39 is 0 Å². The summed E-state index contributed by atoms with van der Waals surface area (Å²) in [7, 11) is 0. The van der Waals surface area contributed by atoms with Crippen molar-refractivity contribution in [2.75, 3.05) is 4.90 Å². The number of oxazole rings is 1. The van der Waals surface area contributed by atoms with Crippen LogP contribution < -0.4 is 4.90 Å². The second-order valence-electron chi connectivity index (χ2n) is 14.7. The maximum absolute atomic E-state index is 6.22. The molecule has 0 atom stereocenters. The molecule has 0 aliphatic heterocycles. The molecule has 0 saturated heterocycles. The van der Waals surface area contributed by atoms with Crippen molar-refractivity contribution in [2.24, 2.45) is 0 Å². The average Bonchev–Trinajstić information content (AvgIpc) is 3.75. The summed E-state index contributed by atoms with van der Waals surface area (Å²) >= 11 is 0. The number of benzene rings is 10. The largest absolute Gasteiger partial charge is 0.436 e. The minimum absolute atomic E-state index is 0.632. The third kappa shape index (κ3) is 5.89. The molecular formula is C55H36N2O. The van der Waals surface area contributed by atoms with Crippen LogP contribution in [0.25, 0.3) is 88.3 Å². The van der Waals surface area contributed by atoms with Gasteiger partial charge in [-0.05, 0) is 127 Å². The Morgan fingerprint density at radius 3 is 1.64 bits per heavy atom. The molecule has 0 amide bonds. The van der Waals surface area contributed by atoms with Crippen LogP contribution in [0.3, 0.4) is 0 Å². The number of aromatic nitrogens is 1. The number of anilines is 3. The molecule has 0 radical (unpaired) electrons. The molecule has 0 aliphatic rings. The lowest BCUT2D eigenvalue weighted by Crippen LogP contribution is -2.10. The molecule has 0 saturated carbocycles. The van der Waals surface area contributed by atoms with E-state index >= 15 is 0 Å².